The smallest absolute Gasteiger partial charge is 0.323 e. The van der Waals surface area contributed by atoms with Crippen LogP contribution in [0.2, 0.25) is 0 Å². The van der Waals surface area contributed by atoms with E-state index in [2.05, 4.69) is 31.2 Å². The van der Waals surface area contributed by atoms with Gasteiger partial charge in [-0.15, -0.1) is 0 Å². The molecular weight excluding hydrogens is 506 g/mol. The van der Waals surface area contributed by atoms with E-state index in [1.807, 2.05) is 19.9 Å². The summed E-state index contributed by atoms with van der Waals surface area (Å²) in [6.07, 6.45) is 4.18. The quantitative estimate of drug-likeness (QED) is 0.283. The minimum atomic E-state index is -0.473. The summed E-state index contributed by atoms with van der Waals surface area (Å²) in [5.41, 5.74) is 5.97. The van der Waals surface area contributed by atoms with Gasteiger partial charge in [-0.05, 0) is 81.7 Å². The Morgan fingerprint density at radius 2 is 1.82 bits per heavy atom. The molecule has 3 aromatic rings. The van der Waals surface area contributed by atoms with Crippen molar-refractivity contribution in [3.63, 3.8) is 0 Å². The van der Waals surface area contributed by atoms with E-state index in [0.29, 0.717) is 51.6 Å². The highest BCUT2D eigenvalue weighted by atomic mass is 16.2. The summed E-state index contributed by atoms with van der Waals surface area (Å²) in [5.74, 6) is -0.395. The number of hydrogen-bond acceptors (Lipinski definition) is 5. The highest BCUT2D eigenvalue weighted by Gasteiger charge is 2.26. The maximum atomic E-state index is 12.9. The number of carbonyl (C=O) groups excluding carboxylic acids is 3. The number of aromatic nitrogens is 1. The van der Waals surface area contributed by atoms with Gasteiger partial charge in [-0.3, -0.25) is 9.59 Å². The van der Waals surface area contributed by atoms with E-state index < -0.39 is 6.03 Å². The maximum absolute atomic E-state index is 12.9. The van der Waals surface area contributed by atoms with Crippen molar-refractivity contribution in [1.29, 1.82) is 5.26 Å². The molecule has 5 rings (SSSR count). The fourth-order valence-corrected chi connectivity index (χ4v) is 5.20. The van der Waals surface area contributed by atoms with Gasteiger partial charge in [0.15, 0.2) is 0 Å². The van der Waals surface area contributed by atoms with E-state index in [1.54, 1.807) is 48.5 Å². The highest BCUT2D eigenvalue weighted by molar-refractivity contribution is 6.35. The number of nitrogens with one attached hydrogen (secondary N) is 5. The van der Waals surface area contributed by atoms with Crippen molar-refractivity contribution in [2.45, 2.75) is 26.7 Å². The van der Waals surface area contributed by atoms with Gasteiger partial charge >= 0.3 is 6.03 Å². The summed E-state index contributed by atoms with van der Waals surface area (Å²) >= 11 is 0. The van der Waals surface area contributed by atoms with Gasteiger partial charge in [0.2, 0.25) is 0 Å². The van der Waals surface area contributed by atoms with Gasteiger partial charge in [-0.2, -0.15) is 5.26 Å². The van der Waals surface area contributed by atoms with Crippen molar-refractivity contribution in [2.24, 2.45) is 0 Å². The number of nitrogens with zero attached hydrogens (tertiary/aromatic N) is 2. The predicted octanol–water partition coefficient (Wildman–Crippen LogP) is 4.47. The Kier molecular flexibility index (Phi) is 7.66. The molecule has 1 aromatic heterocycles. The SMILES string of the molecule is Cc1[nH]c(/C=C2\C(=O)Nc3cc(NC(=O)Nc4cccc(C#N)c4)ccc32)c(C)c1C(=O)NCCN1CCCC1. The van der Waals surface area contributed by atoms with Crippen molar-refractivity contribution in [1.82, 2.24) is 15.2 Å². The maximum Gasteiger partial charge on any atom is 0.323 e. The average molecular weight is 538 g/mol. The predicted molar refractivity (Wildman–Crippen MR) is 155 cm³/mol. The Labute approximate surface area is 232 Å². The van der Waals surface area contributed by atoms with Crippen LogP contribution in [0.15, 0.2) is 42.5 Å². The van der Waals surface area contributed by atoms with E-state index in [0.717, 1.165) is 30.9 Å². The molecule has 2 aliphatic rings. The van der Waals surface area contributed by atoms with Gasteiger partial charge in [0.25, 0.3) is 11.8 Å². The van der Waals surface area contributed by atoms with Gasteiger partial charge < -0.3 is 31.2 Å². The molecule has 5 N–H and O–H groups in total. The summed E-state index contributed by atoms with van der Waals surface area (Å²) in [7, 11) is 0. The topological polar surface area (TPSA) is 142 Å². The van der Waals surface area contributed by atoms with Crippen molar-refractivity contribution in [3.8, 4) is 6.07 Å². The van der Waals surface area contributed by atoms with E-state index in [9.17, 15) is 14.4 Å². The largest absolute Gasteiger partial charge is 0.358 e. The molecule has 2 aliphatic heterocycles. The van der Waals surface area contributed by atoms with Crippen LogP contribution >= 0.6 is 0 Å². The third-order valence-electron chi connectivity index (χ3n) is 7.21. The number of amides is 4. The molecule has 2 aromatic carbocycles. The lowest BCUT2D eigenvalue weighted by atomic mass is 10.0. The molecule has 0 unspecified atom stereocenters. The molecule has 0 bridgehead atoms. The van der Waals surface area contributed by atoms with E-state index >= 15 is 0 Å². The Balaban J connectivity index is 1.28. The Morgan fingerprint density at radius 3 is 2.58 bits per heavy atom. The average Bonchev–Trinajstić information content (AvgIpc) is 3.62. The van der Waals surface area contributed by atoms with Gasteiger partial charge in [-0.25, -0.2) is 4.79 Å². The Bertz CT molecular complexity index is 1560. The van der Waals surface area contributed by atoms with E-state index in [-0.39, 0.29) is 11.8 Å². The van der Waals surface area contributed by atoms with Crippen LogP contribution in [0.3, 0.4) is 0 Å². The molecule has 0 aliphatic carbocycles. The molecule has 4 amide bonds. The number of likely N-dealkylation sites (tertiary alicyclic amines) is 1. The first-order valence-electron chi connectivity index (χ1n) is 13.3. The highest BCUT2D eigenvalue weighted by Crippen LogP contribution is 2.36. The van der Waals surface area contributed by atoms with Crippen LogP contribution in [0.25, 0.3) is 11.6 Å². The third-order valence-corrected chi connectivity index (χ3v) is 7.21. The molecule has 204 valence electrons. The molecule has 0 atom stereocenters. The number of benzene rings is 2. The van der Waals surface area contributed by atoms with Crippen LogP contribution in [0.4, 0.5) is 21.9 Å². The van der Waals surface area contributed by atoms with E-state index in [1.165, 1.54) is 12.8 Å². The molecule has 1 fully saturated rings. The summed E-state index contributed by atoms with van der Waals surface area (Å²) in [4.78, 5) is 43.9. The zero-order valence-electron chi connectivity index (χ0n) is 22.5. The first-order valence-corrected chi connectivity index (χ1v) is 13.3. The summed E-state index contributed by atoms with van der Waals surface area (Å²) in [6, 6.07) is 13.3. The lowest BCUT2D eigenvalue weighted by Gasteiger charge is -2.14. The molecule has 3 heterocycles. The fraction of sp³-hybridized carbons (Fsp3) is 0.267. The summed E-state index contributed by atoms with van der Waals surface area (Å²) < 4.78 is 0. The number of H-pyrrole nitrogens is 1. The van der Waals surface area contributed by atoms with Crippen LogP contribution in [0.5, 0.6) is 0 Å². The molecule has 0 radical (unpaired) electrons. The Hall–Kier alpha value is -4.88. The molecular formula is C30H31N7O3. The summed E-state index contributed by atoms with van der Waals surface area (Å²) in [5, 5.41) is 20.4. The summed E-state index contributed by atoms with van der Waals surface area (Å²) in [6.45, 7) is 7.33. The van der Waals surface area contributed by atoms with Crippen molar-refractivity contribution in [3.05, 3.63) is 76.1 Å². The molecule has 40 heavy (non-hydrogen) atoms. The third kappa shape index (κ3) is 5.75. The second-order valence-electron chi connectivity index (χ2n) is 10.0. The number of hydrogen-bond donors (Lipinski definition) is 5. The van der Waals surface area contributed by atoms with Gasteiger partial charge in [0.05, 0.1) is 28.5 Å². The van der Waals surface area contributed by atoms with Crippen molar-refractivity contribution in [2.75, 3.05) is 42.1 Å². The van der Waals surface area contributed by atoms with Crippen LogP contribution in [-0.2, 0) is 4.79 Å². The normalized spacial score (nSPS) is 15.4. The standard InChI is InChI=1S/C30H31N7O3/c1-18-25(33-19(2)27(18)29(39)32-10-13-37-11-3-4-12-37)16-24-23-9-8-22(15-26(23)36-28(24)38)35-30(40)34-21-7-5-6-20(14-21)17-31/h5-9,14-16,33H,3-4,10-13H2,1-2H3,(H,32,39)(H,36,38)(H2,34,35,40)/b24-16-. The van der Waals surface area contributed by atoms with E-state index in [4.69, 9.17) is 5.26 Å². The van der Waals surface area contributed by atoms with Gasteiger partial charge in [-0.1, -0.05) is 12.1 Å². The fourth-order valence-electron chi connectivity index (χ4n) is 5.20. The second-order valence-corrected chi connectivity index (χ2v) is 10.0. The number of anilines is 3. The zero-order valence-corrected chi connectivity index (χ0v) is 22.5. The number of carbonyl (C=O) groups is 3. The lowest BCUT2D eigenvalue weighted by Crippen LogP contribution is -2.33. The number of nitriles is 1. The number of rotatable bonds is 7. The lowest BCUT2D eigenvalue weighted by molar-refractivity contribution is -0.110. The number of aromatic amines is 1. The van der Waals surface area contributed by atoms with Crippen LogP contribution < -0.4 is 21.3 Å². The number of urea groups is 1. The number of fused-ring (bicyclic) bond motifs is 1. The van der Waals surface area contributed by atoms with Gasteiger partial charge in [0, 0.05) is 41.4 Å². The monoisotopic (exact) mass is 537 g/mol. The van der Waals surface area contributed by atoms with Crippen LogP contribution in [0, 0.1) is 25.2 Å². The van der Waals surface area contributed by atoms with Crippen molar-refractivity contribution >= 4 is 46.6 Å². The van der Waals surface area contributed by atoms with Gasteiger partial charge in [0.1, 0.15) is 0 Å². The van der Waals surface area contributed by atoms with Crippen LogP contribution in [0.1, 0.15) is 51.3 Å². The molecule has 0 saturated carbocycles. The number of aryl methyl sites for hydroxylation is 1. The first kappa shape index (κ1) is 26.7. The molecule has 10 nitrogen and oxygen atoms in total. The van der Waals surface area contributed by atoms with Crippen molar-refractivity contribution < 1.29 is 14.4 Å². The van der Waals surface area contributed by atoms with Crippen LogP contribution in [-0.4, -0.2) is 53.9 Å². The molecule has 10 heteroatoms. The molecule has 1 saturated heterocycles. The zero-order chi connectivity index (χ0) is 28.2. The first-order chi connectivity index (χ1) is 19.3. The minimum absolute atomic E-state index is 0.125. The molecule has 0 spiro atoms. The minimum Gasteiger partial charge on any atom is -0.358 e. The Morgan fingerprint density at radius 1 is 1.07 bits per heavy atom. The second kappa shape index (κ2) is 11.5.